The molecular weight excluding hydrogens is 444 g/mol. The molecule has 0 aliphatic rings. The molecule has 0 radical (unpaired) electrons. The van der Waals surface area contributed by atoms with Gasteiger partial charge in [-0.2, -0.15) is 0 Å². The van der Waals surface area contributed by atoms with Crippen molar-refractivity contribution in [3.63, 3.8) is 0 Å². The number of rotatable bonds is 4. The Kier molecular flexibility index (Phi) is 6.89. The first-order valence-electron chi connectivity index (χ1n) is 11.5. The summed E-state index contributed by atoms with van der Waals surface area (Å²) in [5.74, 6) is 0.0273. The molecule has 0 aromatic heterocycles. The number of benzene rings is 3. The zero-order valence-corrected chi connectivity index (χ0v) is 22.0. The van der Waals surface area contributed by atoms with Gasteiger partial charge in [0.15, 0.2) is 17.2 Å². The standard InChI is InChI=1S/C29H34O6/c1-16(30)34-25-19-12-10-11-13-20(19)26(35-17(2)31)27(33-9)23(25)18-14-21(28(3,4)5)24(32)22(15-18)29(6,7)8/h10-15,32H,1-9H3. The van der Waals surface area contributed by atoms with Crippen LogP contribution in [0.3, 0.4) is 0 Å². The van der Waals surface area contributed by atoms with Gasteiger partial charge in [0.2, 0.25) is 0 Å². The molecule has 0 atom stereocenters. The number of hydrogen-bond donors (Lipinski definition) is 1. The van der Waals surface area contributed by atoms with Gasteiger partial charge in [-0.3, -0.25) is 9.59 Å². The van der Waals surface area contributed by atoms with Crippen molar-refractivity contribution in [3.05, 3.63) is 47.5 Å². The smallest absolute Gasteiger partial charge is 0.308 e. The number of carbonyl (C=O) groups is 2. The average molecular weight is 479 g/mol. The number of aromatic hydroxyl groups is 1. The fourth-order valence-electron chi connectivity index (χ4n) is 4.23. The summed E-state index contributed by atoms with van der Waals surface area (Å²) in [6, 6.07) is 11.0. The second kappa shape index (κ2) is 9.25. The van der Waals surface area contributed by atoms with Gasteiger partial charge in [-0.1, -0.05) is 65.8 Å². The minimum atomic E-state index is -0.504. The zero-order valence-electron chi connectivity index (χ0n) is 22.0. The Morgan fingerprint density at radius 2 is 1.17 bits per heavy atom. The molecule has 186 valence electrons. The summed E-state index contributed by atoms with van der Waals surface area (Å²) in [7, 11) is 1.48. The summed E-state index contributed by atoms with van der Waals surface area (Å²) >= 11 is 0. The summed E-state index contributed by atoms with van der Waals surface area (Å²) < 4.78 is 17.2. The number of ether oxygens (including phenoxy) is 3. The van der Waals surface area contributed by atoms with E-state index in [0.29, 0.717) is 27.6 Å². The monoisotopic (exact) mass is 478 g/mol. The van der Waals surface area contributed by atoms with E-state index in [9.17, 15) is 14.7 Å². The van der Waals surface area contributed by atoms with E-state index >= 15 is 0 Å². The predicted molar refractivity (Wildman–Crippen MR) is 138 cm³/mol. The van der Waals surface area contributed by atoms with Gasteiger partial charge in [0.1, 0.15) is 5.75 Å². The van der Waals surface area contributed by atoms with Crippen molar-refractivity contribution in [3.8, 4) is 34.1 Å². The van der Waals surface area contributed by atoms with Crippen molar-refractivity contribution in [2.45, 2.75) is 66.2 Å². The second-order valence-electron chi connectivity index (χ2n) is 10.7. The van der Waals surface area contributed by atoms with Crippen LogP contribution in [0.1, 0.15) is 66.5 Å². The summed E-state index contributed by atoms with van der Waals surface area (Å²) in [5, 5.41) is 12.4. The minimum absolute atomic E-state index is 0.225. The quantitative estimate of drug-likeness (QED) is 0.333. The fourth-order valence-corrected chi connectivity index (χ4v) is 4.23. The number of phenols is 1. The third-order valence-electron chi connectivity index (χ3n) is 5.79. The molecule has 0 amide bonds. The summed E-state index contributed by atoms with van der Waals surface area (Å²) in [6.07, 6.45) is 0. The van der Waals surface area contributed by atoms with E-state index < -0.39 is 11.9 Å². The van der Waals surface area contributed by atoms with Gasteiger partial charge in [-0.05, 0) is 28.5 Å². The highest BCUT2D eigenvalue weighted by Gasteiger charge is 2.31. The van der Waals surface area contributed by atoms with Crippen LogP contribution in [-0.2, 0) is 20.4 Å². The molecule has 0 fully saturated rings. The van der Waals surface area contributed by atoms with Gasteiger partial charge >= 0.3 is 11.9 Å². The Hall–Kier alpha value is -3.54. The van der Waals surface area contributed by atoms with Crippen LogP contribution in [0.5, 0.6) is 23.0 Å². The molecule has 0 aliphatic carbocycles. The van der Waals surface area contributed by atoms with Crippen LogP contribution >= 0.6 is 0 Å². The Morgan fingerprint density at radius 1 is 0.743 bits per heavy atom. The average Bonchev–Trinajstić information content (AvgIpc) is 2.73. The van der Waals surface area contributed by atoms with E-state index in [1.807, 2.05) is 65.8 Å². The molecule has 0 bridgehead atoms. The first-order chi connectivity index (χ1) is 16.2. The molecule has 0 aliphatic heterocycles. The highest BCUT2D eigenvalue weighted by atomic mass is 16.6. The lowest BCUT2D eigenvalue weighted by atomic mass is 9.77. The van der Waals surface area contributed by atoms with E-state index in [1.54, 1.807) is 12.1 Å². The zero-order chi connectivity index (χ0) is 26.3. The van der Waals surface area contributed by atoms with E-state index in [1.165, 1.54) is 21.0 Å². The van der Waals surface area contributed by atoms with E-state index in [4.69, 9.17) is 14.2 Å². The van der Waals surface area contributed by atoms with E-state index in [-0.39, 0.29) is 28.1 Å². The maximum atomic E-state index is 12.2. The van der Waals surface area contributed by atoms with E-state index in [2.05, 4.69) is 0 Å². The molecule has 3 aromatic rings. The first kappa shape index (κ1) is 26.1. The number of carbonyl (C=O) groups excluding carboxylic acids is 2. The molecule has 6 heteroatoms. The van der Waals surface area contributed by atoms with Crippen LogP contribution < -0.4 is 14.2 Å². The van der Waals surface area contributed by atoms with Crippen molar-refractivity contribution < 1.29 is 28.9 Å². The minimum Gasteiger partial charge on any atom is -0.507 e. The van der Waals surface area contributed by atoms with Crippen LogP contribution in [0.15, 0.2) is 36.4 Å². The van der Waals surface area contributed by atoms with E-state index in [0.717, 1.165) is 11.1 Å². The Balaban J connectivity index is 2.60. The van der Waals surface area contributed by atoms with Gasteiger partial charge in [-0.15, -0.1) is 0 Å². The summed E-state index contributed by atoms with van der Waals surface area (Å²) in [5.41, 5.74) is 1.84. The molecule has 1 N–H and O–H groups in total. The molecule has 0 heterocycles. The summed E-state index contributed by atoms with van der Waals surface area (Å²) in [6.45, 7) is 14.8. The number of methoxy groups -OCH3 is 1. The Bertz CT molecular complexity index is 1270. The van der Waals surface area contributed by atoms with Crippen molar-refractivity contribution in [2.75, 3.05) is 7.11 Å². The van der Waals surface area contributed by atoms with Crippen LogP contribution in [0.2, 0.25) is 0 Å². The largest absolute Gasteiger partial charge is 0.507 e. The lowest BCUT2D eigenvalue weighted by Gasteiger charge is -2.29. The second-order valence-corrected chi connectivity index (χ2v) is 10.7. The highest BCUT2D eigenvalue weighted by molar-refractivity contribution is 6.05. The van der Waals surface area contributed by atoms with Crippen LogP contribution in [0.25, 0.3) is 21.9 Å². The van der Waals surface area contributed by atoms with Gasteiger partial charge in [0.05, 0.1) is 12.7 Å². The number of hydrogen-bond acceptors (Lipinski definition) is 6. The molecule has 0 unspecified atom stereocenters. The van der Waals surface area contributed by atoms with Crippen LogP contribution in [-0.4, -0.2) is 24.2 Å². The lowest BCUT2D eigenvalue weighted by molar-refractivity contribution is -0.133. The van der Waals surface area contributed by atoms with Crippen molar-refractivity contribution in [1.82, 2.24) is 0 Å². The predicted octanol–water partition coefficient (Wildman–Crippen LogP) is 6.67. The third kappa shape index (κ3) is 5.11. The van der Waals surface area contributed by atoms with Gasteiger partial charge < -0.3 is 19.3 Å². The molecule has 35 heavy (non-hydrogen) atoms. The SMILES string of the molecule is COc1c(-c2cc(C(C)(C)C)c(O)c(C(C)(C)C)c2)c(OC(C)=O)c2ccccc2c1OC(C)=O. The topological polar surface area (TPSA) is 82.1 Å². The molecular formula is C29H34O6. The number of esters is 2. The molecule has 0 saturated heterocycles. The van der Waals surface area contributed by atoms with Gasteiger partial charge in [0.25, 0.3) is 0 Å². The number of fused-ring (bicyclic) bond motifs is 1. The third-order valence-corrected chi connectivity index (χ3v) is 5.79. The maximum absolute atomic E-state index is 12.2. The van der Waals surface area contributed by atoms with Crippen molar-refractivity contribution in [1.29, 1.82) is 0 Å². The molecule has 6 nitrogen and oxygen atoms in total. The molecule has 0 saturated carbocycles. The van der Waals surface area contributed by atoms with Crippen LogP contribution in [0, 0.1) is 0 Å². The van der Waals surface area contributed by atoms with Crippen LogP contribution in [0.4, 0.5) is 0 Å². The van der Waals surface area contributed by atoms with Crippen molar-refractivity contribution >= 4 is 22.7 Å². The molecule has 3 aromatic carbocycles. The Morgan fingerprint density at radius 3 is 1.57 bits per heavy atom. The normalized spacial score (nSPS) is 11.9. The molecule has 3 rings (SSSR count). The Labute approximate surface area is 206 Å². The molecule has 0 spiro atoms. The lowest BCUT2D eigenvalue weighted by Crippen LogP contribution is -2.17. The number of phenolic OH excluding ortho intramolecular Hbond substituents is 1. The highest BCUT2D eigenvalue weighted by Crippen LogP contribution is 2.53. The van der Waals surface area contributed by atoms with Gasteiger partial charge in [0, 0.05) is 35.7 Å². The summed E-state index contributed by atoms with van der Waals surface area (Å²) in [4.78, 5) is 24.3. The first-order valence-corrected chi connectivity index (χ1v) is 11.5. The van der Waals surface area contributed by atoms with Gasteiger partial charge in [-0.25, -0.2) is 0 Å². The maximum Gasteiger partial charge on any atom is 0.308 e. The fraction of sp³-hybridized carbons (Fsp3) is 0.379. The van der Waals surface area contributed by atoms with Crippen molar-refractivity contribution in [2.24, 2.45) is 0 Å².